The molecule has 2 aromatic carbocycles. The molecule has 0 bridgehead atoms. The number of nitrogens with one attached hydrogen (secondary N) is 1. The normalized spacial score (nSPS) is 10.7. The number of fused-ring (bicyclic) bond motifs is 1. The average Bonchev–Trinajstić information content (AvgIpc) is 2.81. The molecule has 0 amide bonds. The third-order valence-electron chi connectivity index (χ3n) is 2.82. The highest BCUT2D eigenvalue weighted by Gasteiger charge is 2.03. The van der Waals surface area contributed by atoms with E-state index in [4.69, 9.17) is 10.2 Å². The van der Waals surface area contributed by atoms with Crippen molar-refractivity contribution in [3.05, 3.63) is 48.4 Å². The predicted octanol–water partition coefficient (Wildman–Crippen LogP) is 3.46. The van der Waals surface area contributed by atoms with Gasteiger partial charge in [0.25, 0.3) is 0 Å². The molecule has 0 saturated carbocycles. The van der Waals surface area contributed by atoms with Crippen molar-refractivity contribution in [2.75, 3.05) is 11.1 Å². The summed E-state index contributed by atoms with van der Waals surface area (Å²) >= 11 is 0. The van der Waals surface area contributed by atoms with E-state index in [2.05, 4.69) is 10.3 Å². The van der Waals surface area contributed by atoms with Gasteiger partial charge in [0.15, 0.2) is 12.0 Å². The first-order chi connectivity index (χ1) is 8.72. The molecule has 90 valence electrons. The molecule has 3 aromatic rings. The maximum absolute atomic E-state index is 5.93. The number of aromatic nitrogens is 1. The number of benzene rings is 2. The van der Waals surface area contributed by atoms with Gasteiger partial charge in [-0.1, -0.05) is 6.07 Å². The van der Waals surface area contributed by atoms with E-state index in [0.29, 0.717) is 0 Å². The Balaban J connectivity index is 1.97. The molecule has 3 N–H and O–H groups in total. The van der Waals surface area contributed by atoms with Crippen LogP contribution in [0.15, 0.2) is 47.2 Å². The number of nitrogen functional groups attached to an aromatic ring is 1. The molecule has 4 heteroatoms. The summed E-state index contributed by atoms with van der Waals surface area (Å²) in [6, 6.07) is 11.7. The van der Waals surface area contributed by atoms with Gasteiger partial charge in [-0.25, -0.2) is 4.98 Å². The van der Waals surface area contributed by atoms with Crippen LogP contribution in [0, 0.1) is 6.92 Å². The molecule has 1 aromatic heterocycles. The van der Waals surface area contributed by atoms with Gasteiger partial charge in [0.05, 0.1) is 11.4 Å². The van der Waals surface area contributed by atoms with Crippen molar-refractivity contribution in [2.45, 2.75) is 6.92 Å². The standard InChI is InChI=1S/C14H13N3O/c1-9-2-4-11(15)13(6-9)17-10-3-5-12-14(7-10)18-8-16-12/h2-8,17H,15H2,1H3. The van der Waals surface area contributed by atoms with E-state index < -0.39 is 0 Å². The summed E-state index contributed by atoms with van der Waals surface area (Å²) in [4.78, 5) is 4.08. The Morgan fingerprint density at radius 3 is 2.94 bits per heavy atom. The second-order valence-electron chi connectivity index (χ2n) is 4.25. The van der Waals surface area contributed by atoms with Crippen LogP contribution in [0.2, 0.25) is 0 Å². The molecule has 0 saturated heterocycles. The molecule has 4 nitrogen and oxygen atoms in total. The van der Waals surface area contributed by atoms with Gasteiger partial charge < -0.3 is 15.5 Å². The zero-order chi connectivity index (χ0) is 12.5. The molecule has 0 aliphatic carbocycles. The number of rotatable bonds is 2. The summed E-state index contributed by atoms with van der Waals surface area (Å²) in [5.41, 5.74) is 11.2. The fourth-order valence-electron chi connectivity index (χ4n) is 1.87. The quantitative estimate of drug-likeness (QED) is 0.672. The molecule has 0 fully saturated rings. The molecule has 0 aliphatic rings. The lowest BCUT2D eigenvalue weighted by molar-refractivity contribution is 0.602. The Bertz CT molecular complexity index is 703. The Morgan fingerprint density at radius 1 is 1.17 bits per heavy atom. The highest BCUT2D eigenvalue weighted by Crippen LogP contribution is 2.26. The zero-order valence-electron chi connectivity index (χ0n) is 9.97. The minimum Gasteiger partial charge on any atom is -0.443 e. The summed E-state index contributed by atoms with van der Waals surface area (Å²) in [6.07, 6.45) is 1.44. The number of nitrogens with two attached hydrogens (primary N) is 1. The molecule has 0 radical (unpaired) electrons. The first-order valence-electron chi connectivity index (χ1n) is 5.69. The van der Waals surface area contributed by atoms with E-state index in [1.165, 1.54) is 6.39 Å². The lowest BCUT2D eigenvalue weighted by Gasteiger charge is -2.09. The molecular weight excluding hydrogens is 226 g/mol. The van der Waals surface area contributed by atoms with Crippen molar-refractivity contribution in [3.63, 3.8) is 0 Å². The van der Waals surface area contributed by atoms with Crippen molar-refractivity contribution >= 4 is 28.2 Å². The van der Waals surface area contributed by atoms with Gasteiger partial charge in [0.1, 0.15) is 5.52 Å². The van der Waals surface area contributed by atoms with Crippen molar-refractivity contribution in [3.8, 4) is 0 Å². The van der Waals surface area contributed by atoms with Gasteiger partial charge in [-0.15, -0.1) is 0 Å². The lowest BCUT2D eigenvalue weighted by Crippen LogP contribution is -1.96. The van der Waals surface area contributed by atoms with Crippen LogP contribution in [0.5, 0.6) is 0 Å². The molecule has 1 heterocycles. The Morgan fingerprint density at radius 2 is 2.06 bits per heavy atom. The summed E-state index contributed by atoms with van der Waals surface area (Å²) in [5.74, 6) is 0. The number of hydrogen-bond donors (Lipinski definition) is 2. The van der Waals surface area contributed by atoms with Crippen LogP contribution < -0.4 is 11.1 Å². The molecule has 0 unspecified atom stereocenters. The predicted molar refractivity (Wildman–Crippen MR) is 72.9 cm³/mol. The number of hydrogen-bond acceptors (Lipinski definition) is 4. The largest absolute Gasteiger partial charge is 0.443 e. The van der Waals surface area contributed by atoms with Crippen LogP contribution in [0.4, 0.5) is 17.1 Å². The van der Waals surface area contributed by atoms with Crippen molar-refractivity contribution in [1.82, 2.24) is 4.98 Å². The van der Waals surface area contributed by atoms with E-state index in [-0.39, 0.29) is 0 Å². The third kappa shape index (κ3) is 1.88. The summed E-state index contributed by atoms with van der Waals surface area (Å²) in [5, 5.41) is 3.28. The first kappa shape index (κ1) is 10.7. The highest BCUT2D eigenvalue weighted by atomic mass is 16.3. The topological polar surface area (TPSA) is 64.1 Å². The SMILES string of the molecule is Cc1ccc(N)c(Nc2ccc3ncoc3c2)c1. The van der Waals surface area contributed by atoms with E-state index in [0.717, 1.165) is 33.7 Å². The fraction of sp³-hybridized carbons (Fsp3) is 0.0714. The van der Waals surface area contributed by atoms with Gasteiger partial charge in [-0.3, -0.25) is 0 Å². The van der Waals surface area contributed by atoms with Crippen molar-refractivity contribution < 1.29 is 4.42 Å². The van der Waals surface area contributed by atoms with E-state index in [1.54, 1.807) is 0 Å². The summed E-state index contributed by atoms with van der Waals surface area (Å²) in [6.45, 7) is 2.03. The Kier molecular flexibility index (Phi) is 2.41. The van der Waals surface area contributed by atoms with Crippen molar-refractivity contribution in [2.24, 2.45) is 0 Å². The fourth-order valence-corrected chi connectivity index (χ4v) is 1.87. The van der Waals surface area contributed by atoms with Crippen LogP contribution in [0.3, 0.4) is 0 Å². The maximum atomic E-state index is 5.93. The number of oxazole rings is 1. The first-order valence-corrected chi connectivity index (χ1v) is 5.69. The second kappa shape index (κ2) is 4.07. The summed E-state index contributed by atoms with van der Waals surface area (Å²) in [7, 11) is 0. The molecular formula is C14H13N3O. The Labute approximate surface area is 104 Å². The molecule has 0 aliphatic heterocycles. The van der Waals surface area contributed by atoms with Crippen LogP contribution in [-0.2, 0) is 0 Å². The second-order valence-corrected chi connectivity index (χ2v) is 4.25. The zero-order valence-corrected chi connectivity index (χ0v) is 9.97. The minimum atomic E-state index is 0.721. The van der Waals surface area contributed by atoms with E-state index in [9.17, 15) is 0 Å². The molecule has 0 atom stereocenters. The smallest absolute Gasteiger partial charge is 0.181 e. The molecule has 18 heavy (non-hydrogen) atoms. The van der Waals surface area contributed by atoms with Gasteiger partial charge >= 0.3 is 0 Å². The van der Waals surface area contributed by atoms with Gasteiger partial charge in [0.2, 0.25) is 0 Å². The van der Waals surface area contributed by atoms with Gasteiger partial charge in [-0.05, 0) is 36.8 Å². The van der Waals surface area contributed by atoms with E-state index >= 15 is 0 Å². The average molecular weight is 239 g/mol. The summed E-state index contributed by atoms with van der Waals surface area (Å²) < 4.78 is 5.27. The van der Waals surface area contributed by atoms with Crippen LogP contribution in [-0.4, -0.2) is 4.98 Å². The maximum Gasteiger partial charge on any atom is 0.181 e. The molecule has 0 spiro atoms. The van der Waals surface area contributed by atoms with Crippen LogP contribution in [0.1, 0.15) is 5.56 Å². The van der Waals surface area contributed by atoms with Gasteiger partial charge in [0, 0.05) is 11.8 Å². The van der Waals surface area contributed by atoms with E-state index in [1.807, 2.05) is 43.3 Å². The lowest BCUT2D eigenvalue weighted by atomic mass is 10.2. The Hall–Kier alpha value is -2.49. The minimum absolute atomic E-state index is 0.721. The van der Waals surface area contributed by atoms with Crippen LogP contribution >= 0.6 is 0 Å². The number of nitrogens with zero attached hydrogens (tertiary/aromatic N) is 1. The monoisotopic (exact) mass is 239 g/mol. The third-order valence-corrected chi connectivity index (χ3v) is 2.82. The highest BCUT2D eigenvalue weighted by molar-refractivity contribution is 5.80. The number of anilines is 3. The van der Waals surface area contributed by atoms with Crippen molar-refractivity contribution in [1.29, 1.82) is 0 Å². The number of aryl methyl sites for hydroxylation is 1. The van der Waals surface area contributed by atoms with Crippen LogP contribution in [0.25, 0.3) is 11.1 Å². The molecule has 3 rings (SSSR count). The van der Waals surface area contributed by atoms with Gasteiger partial charge in [-0.2, -0.15) is 0 Å².